The van der Waals surface area contributed by atoms with E-state index in [9.17, 15) is 9.00 Å². The maximum atomic E-state index is 11.9. The van der Waals surface area contributed by atoms with E-state index in [4.69, 9.17) is 5.11 Å². The number of aliphatic hydroxyl groups is 1. The van der Waals surface area contributed by atoms with Crippen molar-refractivity contribution in [2.24, 2.45) is 0 Å². The molecule has 1 atom stereocenters. The van der Waals surface area contributed by atoms with Gasteiger partial charge in [-0.3, -0.25) is 9.00 Å². The molecule has 0 spiro atoms. The van der Waals surface area contributed by atoms with Crippen LogP contribution in [0.15, 0.2) is 30.3 Å². The monoisotopic (exact) mass is 255 g/mol. The second-order valence-electron chi connectivity index (χ2n) is 3.49. The van der Waals surface area contributed by atoms with Gasteiger partial charge in [-0.15, -0.1) is 0 Å². The summed E-state index contributed by atoms with van der Waals surface area (Å²) in [6.07, 6.45) is 0. The standard InChI is InChI=1S/C12H17NO3S/c1-2-13(11-6-4-3-5-7-11)12(15)10-17(16)9-8-14/h3-7,14H,2,8-10H2,1H3. The largest absolute Gasteiger partial charge is 0.395 e. The van der Waals surface area contributed by atoms with E-state index in [-0.39, 0.29) is 24.0 Å². The molecule has 0 saturated heterocycles. The zero-order chi connectivity index (χ0) is 12.7. The highest BCUT2D eigenvalue weighted by Gasteiger charge is 2.16. The van der Waals surface area contributed by atoms with Crippen molar-refractivity contribution in [1.82, 2.24) is 0 Å². The smallest absolute Gasteiger partial charge is 0.239 e. The lowest BCUT2D eigenvalue weighted by molar-refractivity contribution is -0.116. The number of benzene rings is 1. The van der Waals surface area contributed by atoms with Crippen LogP contribution in [0.3, 0.4) is 0 Å². The molecular formula is C12H17NO3S. The van der Waals surface area contributed by atoms with E-state index in [0.29, 0.717) is 6.54 Å². The van der Waals surface area contributed by atoms with Gasteiger partial charge in [0.2, 0.25) is 5.91 Å². The Balaban J connectivity index is 2.68. The summed E-state index contributed by atoms with van der Waals surface area (Å²) in [5, 5.41) is 8.64. The maximum absolute atomic E-state index is 11.9. The fourth-order valence-corrected chi connectivity index (χ4v) is 2.28. The van der Waals surface area contributed by atoms with Crippen molar-refractivity contribution >= 4 is 22.4 Å². The molecule has 0 aromatic heterocycles. The summed E-state index contributed by atoms with van der Waals surface area (Å²) in [5.74, 6) is -0.0630. The average Bonchev–Trinajstić information content (AvgIpc) is 2.31. The highest BCUT2D eigenvalue weighted by Crippen LogP contribution is 2.13. The second-order valence-corrected chi connectivity index (χ2v) is 5.06. The number of carbonyl (C=O) groups excluding carboxylic acids is 1. The average molecular weight is 255 g/mol. The van der Waals surface area contributed by atoms with Gasteiger partial charge in [0.25, 0.3) is 0 Å². The summed E-state index contributed by atoms with van der Waals surface area (Å²) in [6.45, 7) is 2.26. The lowest BCUT2D eigenvalue weighted by atomic mass is 10.3. The van der Waals surface area contributed by atoms with Crippen molar-refractivity contribution in [2.45, 2.75) is 6.92 Å². The zero-order valence-corrected chi connectivity index (χ0v) is 10.7. The van der Waals surface area contributed by atoms with E-state index in [2.05, 4.69) is 0 Å². The summed E-state index contributed by atoms with van der Waals surface area (Å²) >= 11 is 0. The summed E-state index contributed by atoms with van der Waals surface area (Å²) in [6, 6.07) is 9.28. The molecule has 0 aliphatic carbocycles. The van der Waals surface area contributed by atoms with Crippen molar-refractivity contribution in [1.29, 1.82) is 0 Å². The lowest BCUT2D eigenvalue weighted by Gasteiger charge is -2.20. The molecule has 1 amide bonds. The third-order valence-corrected chi connectivity index (χ3v) is 3.50. The summed E-state index contributed by atoms with van der Waals surface area (Å²) in [7, 11) is -1.29. The van der Waals surface area contributed by atoms with E-state index >= 15 is 0 Å². The van der Waals surface area contributed by atoms with Gasteiger partial charge in [-0.2, -0.15) is 0 Å². The molecule has 0 fully saturated rings. The van der Waals surface area contributed by atoms with Gasteiger partial charge in [0.05, 0.1) is 6.61 Å². The third kappa shape index (κ3) is 4.28. The molecule has 0 bridgehead atoms. The van der Waals surface area contributed by atoms with Crippen molar-refractivity contribution in [3.8, 4) is 0 Å². The minimum absolute atomic E-state index is 0.0384. The fraction of sp³-hybridized carbons (Fsp3) is 0.417. The first-order valence-corrected chi connectivity index (χ1v) is 6.99. The van der Waals surface area contributed by atoms with Gasteiger partial charge in [-0.05, 0) is 19.1 Å². The molecule has 1 unspecified atom stereocenters. The Morgan fingerprint density at radius 2 is 2.00 bits per heavy atom. The van der Waals surface area contributed by atoms with Crippen LogP contribution in [0.4, 0.5) is 5.69 Å². The number of anilines is 1. The molecule has 1 N–H and O–H groups in total. The molecule has 1 aromatic carbocycles. The molecule has 94 valence electrons. The van der Waals surface area contributed by atoms with Crippen LogP contribution in [0, 0.1) is 0 Å². The number of hydrogen-bond acceptors (Lipinski definition) is 3. The number of aliphatic hydroxyl groups excluding tert-OH is 1. The number of hydrogen-bond donors (Lipinski definition) is 1. The van der Waals surface area contributed by atoms with Crippen LogP contribution in [-0.4, -0.2) is 39.9 Å². The van der Waals surface area contributed by atoms with Gasteiger partial charge in [-0.1, -0.05) is 18.2 Å². The van der Waals surface area contributed by atoms with E-state index in [1.54, 1.807) is 4.90 Å². The minimum atomic E-state index is -1.29. The summed E-state index contributed by atoms with van der Waals surface area (Å²) in [5.41, 5.74) is 0.806. The predicted octanol–water partition coefficient (Wildman–Crippen LogP) is 0.780. The molecule has 1 aromatic rings. The van der Waals surface area contributed by atoms with Crippen LogP contribution in [0.25, 0.3) is 0 Å². The SMILES string of the molecule is CCN(C(=O)CS(=O)CCO)c1ccccc1. The Hall–Kier alpha value is -1.20. The zero-order valence-electron chi connectivity index (χ0n) is 9.83. The number of para-hydroxylation sites is 1. The van der Waals surface area contributed by atoms with Crippen LogP contribution in [0.2, 0.25) is 0 Å². The fourth-order valence-electron chi connectivity index (χ4n) is 1.50. The molecule has 5 heteroatoms. The first kappa shape index (κ1) is 13.9. The summed E-state index contributed by atoms with van der Waals surface area (Å²) < 4.78 is 11.4. The van der Waals surface area contributed by atoms with Crippen molar-refractivity contribution in [3.63, 3.8) is 0 Å². The van der Waals surface area contributed by atoms with Crippen LogP contribution in [0.5, 0.6) is 0 Å². The topological polar surface area (TPSA) is 57.6 Å². The third-order valence-electron chi connectivity index (χ3n) is 2.29. The van der Waals surface area contributed by atoms with Crippen molar-refractivity contribution in [2.75, 3.05) is 29.6 Å². The van der Waals surface area contributed by atoms with Crippen LogP contribution in [-0.2, 0) is 15.6 Å². The first-order chi connectivity index (χ1) is 8.19. The van der Waals surface area contributed by atoms with Gasteiger partial charge in [0.1, 0.15) is 5.75 Å². The highest BCUT2D eigenvalue weighted by molar-refractivity contribution is 7.85. The minimum Gasteiger partial charge on any atom is -0.395 e. The molecule has 1 rings (SSSR count). The Morgan fingerprint density at radius 3 is 2.53 bits per heavy atom. The van der Waals surface area contributed by atoms with Gasteiger partial charge >= 0.3 is 0 Å². The normalized spacial score (nSPS) is 12.1. The van der Waals surface area contributed by atoms with Crippen molar-refractivity contribution in [3.05, 3.63) is 30.3 Å². The predicted molar refractivity (Wildman–Crippen MR) is 69.4 cm³/mol. The van der Waals surface area contributed by atoms with Gasteiger partial charge in [0, 0.05) is 28.8 Å². The van der Waals surface area contributed by atoms with Crippen molar-refractivity contribution < 1.29 is 14.1 Å². The van der Waals surface area contributed by atoms with E-state index in [1.165, 1.54) is 0 Å². The Labute approximate surface area is 104 Å². The molecule has 0 aliphatic heterocycles. The van der Waals surface area contributed by atoms with Gasteiger partial charge < -0.3 is 10.0 Å². The van der Waals surface area contributed by atoms with E-state index in [0.717, 1.165) is 5.69 Å². The summed E-state index contributed by atoms with van der Waals surface area (Å²) in [4.78, 5) is 13.5. The molecule has 17 heavy (non-hydrogen) atoms. The number of nitrogens with zero attached hydrogens (tertiary/aromatic N) is 1. The van der Waals surface area contributed by atoms with Crippen LogP contribution >= 0.6 is 0 Å². The quantitative estimate of drug-likeness (QED) is 0.817. The van der Waals surface area contributed by atoms with E-state index < -0.39 is 10.8 Å². The molecule has 0 heterocycles. The first-order valence-electron chi connectivity index (χ1n) is 5.50. The Kier molecular flexibility index (Phi) is 5.86. The molecular weight excluding hydrogens is 238 g/mol. The Bertz CT molecular complexity index is 381. The molecule has 0 radical (unpaired) electrons. The number of amides is 1. The van der Waals surface area contributed by atoms with E-state index in [1.807, 2.05) is 37.3 Å². The molecule has 0 aliphatic rings. The number of rotatable bonds is 6. The lowest BCUT2D eigenvalue weighted by Crippen LogP contribution is -2.34. The maximum Gasteiger partial charge on any atom is 0.239 e. The van der Waals surface area contributed by atoms with Gasteiger partial charge in [-0.25, -0.2) is 0 Å². The highest BCUT2D eigenvalue weighted by atomic mass is 32.2. The van der Waals surface area contributed by atoms with Gasteiger partial charge in [0.15, 0.2) is 0 Å². The van der Waals surface area contributed by atoms with Crippen LogP contribution in [0.1, 0.15) is 6.92 Å². The molecule has 0 saturated carbocycles. The second kappa shape index (κ2) is 7.19. The Morgan fingerprint density at radius 1 is 1.35 bits per heavy atom. The number of carbonyl (C=O) groups is 1. The van der Waals surface area contributed by atoms with Crippen LogP contribution < -0.4 is 4.90 Å². The molecule has 4 nitrogen and oxygen atoms in total.